The van der Waals surface area contributed by atoms with E-state index in [1.807, 2.05) is 5.32 Å². The average molecular weight is 541 g/mol. The second-order valence-corrected chi connectivity index (χ2v) is 9.80. The van der Waals surface area contributed by atoms with Crippen molar-refractivity contribution in [2.45, 2.75) is 63.2 Å². The molecule has 1 aliphatic carbocycles. The van der Waals surface area contributed by atoms with E-state index < -0.39 is 42.5 Å². The Kier molecular flexibility index (Phi) is 6.26. The van der Waals surface area contributed by atoms with Crippen LogP contribution in [0.1, 0.15) is 64.7 Å². The molecule has 3 N–H and O–H groups in total. The van der Waals surface area contributed by atoms with Crippen molar-refractivity contribution in [3.05, 3.63) is 46.7 Å². The highest BCUT2D eigenvalue weighted by atomic mass is 19.4. The summed E-state index contributed by atoms with van der Waals surface area (Å²) in [4.78, 5) is 29.8. The van der Waals surface area contributed by atoms with Crippen LogP contribution < -0.4 is 11.1 Å². The van der Waals surface area contributed by atoms with Crippen LogP contribution in [-0.2, 0) is 6.54 Å². The zero-order valence-electron chi connectivity index (χ0n) is 20.1. The standard InChI is InChI=1S/C23H24F5N7O3/c1-11-17(20(29)36)19(38-33-11)18(13-2-4-22(24,25)5-3-13)14-9-35-16(31-14)6-12(7-30-35)8-34-10-15(23(26,27)28)32-21(34)37/h6-7,9,13,15,18H,2-5,8,10H2,1H3,(H2,29,36)(H,32,37)/t15-,18-/m0/s1. The summed E-state index contributed by atoms with van der Waals surface area (Å²) in [7, 11) is 0. The Bertz CT molecular complexity index is 1380. The quantitative estimate of drug-likeness (QED) is 0.459. The second-order valence-electron chi connectivity index (χ2n) is 9.80. The molecule has 0 radical (unpaired) electrons. The minimum atomic E-state index is -4.56. The maximum atomic E-state index is 13.9. The maximum absolute atomic E-state index is 13.9. The van der Waals surface area contributed by atoms with Crippen molar-refractivity contribution >= 4 is 17.6 Å². The van der Waals surface area contributed by atoms with Crippen molar-refractivity contribution in [1.82, 2.24) is 30.0 Å². The SMILES string of the molecule is Cc1noc([C@H](c2cn3ncc(CN4C[C@@H](C(F)(F)F)NC4=O)cc3n2)C2CCC(F)(F)CC2)c1C(N)=O. The molecule has 0 unspecified atom stereocenters. The first-order chi connectivity index (χ1) is 17.8. The summed E-state index contributed by atoms with van der Waals surface area (Å²) in [5.41, 5.74) is 7.04. The van der Waals surface area contributed by atoms with Crippen LogP contribution in [0.25, 0.3) is 5.65 Å². The number of nitrogens with zero attached hydrogens (tertiary/aromatic N) is 5. The van der Waals surface area contributed by atoms with Gasteiger partial charge in [-0.15, -0.1) is 0 Å². The molecule has 2 aliphatic rings. The molecule has 2 fully saturated rings. The number of nitrogens with one attached hydrogen (secondary N) is 1. The topological polar surface area (TPSA) is 132 Å². The summed E-state index contributed by atoms with van der Waals surface area (Å²) in [5, 5.41) is 10.0. The fourth-order valence-electron chi connectivity index (χ4n) is 5.19. The first kappa shape index (κ1) is 25.9. The molecule has 4 heterocycles. The molecule has 1 saturated carbocycles. The van der Waals surface area contributed by atoms with Crippen molar-refractivity contribution in [2.75, 3.05) is 6.54 Å². The number of nitrogens with two attached hydrogens (primary N) is 1. The summed E-state index contributed by atoms with van der Waals surface area (Å²) >= 11 is 0. The third-order valence-corrected chi connectivity index (χ3v) is 7.12. The van der Waals surface area contributed by atoms with Crippen LogP contribution in [0.2, 0.25) is 0 Å². The van der Waals surface area contributed by atoms with E-state index in [-0.39, 0.29) is 55.2 Å². The number of urea groups is 1. The molecule has 204 valence electrons. The predicted molar refractivity (Wildman–Crippen MR) is 120 cm³/mol. The lowest BCUT2D eigenvalue weighted by molar-refractivity contribution is -0.149. The summed E-state index contributed by atoms with van der Waals surface area (Å²) in [6, 6.07) is -1.24. The van der Waals surface area contributed by atoms with Crippen LogP contribution in [0, 0.1) is 12.8 Å². The molecule has 1 saturated heterocycles. The molecule has 3 amide bonds. The van der Waals surface area contributed by atoms with E-state index in [0.29, 0.717) is 16.9 Å². The van der Waals surface area contributed by atoms with Gasteiger partial charge in [0.15, 0.2) is 11.4 Å². The molecule has 5 rings (SSSR count). The largest absolute Gasteiger partial charge is 0.410 e. The lowest BCUT2D eigenvalue weighted by Gasteiger charge is -2.32. The fourth-order valence-corrected chi connectivity index (χ4v) is 5.19. The van der Waals surface area contributed by atoms with Crippen molar-refractivity contribution in [1.29, 1.82) is 0 Å². The predicted octanol–water partition coefficient (Wildman–Crippen LogP) is 3.54. The average Bonchev–Trinajstić information content (AvgIpc) is 3.52. The summed E-state index contributed by atoms with van der Waals surface area (Å²) in [5.74, 6) is -4.47. The van der Waals surface area contributed by atoms with E-state index >= 15 is 0 Å². The van der Waals surface area contributed by atoms with Crippen LogP contribution in [0.5, 0.6) is 0 Å². The fraction of sp³-hybridized carbons (Fsp3) is 0.522. The number of carbonyl (C=O) groups excluding carboxylic acids is 2. The molecule has 2 atom stereocenters. The molecular formula is C23H24F5N7O3. The van der Waals surface area contributed by atoms with E-state index in [1.54, 1.807) is 19.2 Å². The van der Waals surface area contributed by atoms with Gasteiger partial charge in [-0.2, -0.15) is 18.3 Å². The molecule has 15 heteroatoms. The van der Waals surface area contributed by atoms with Gasteiger partial charge >= 0.3 is 12.2 Å². The van der Waals surface area contributed by atoms with E-state index in [0.717, 1.165) is 4.90 Å². The van der Waals surface area contributed by atoms with Gasteiger partial charge in [-0.05, 0) is 37.3 Å². The molecule has 3 aromatic heterocycles. The molecular weight excluding hydrogens is 517 g/mol. The number of aromatic nitrogens is 4. The van der Waals surface area contributed by atoms with Crippen LogP contribution in [-0.4, -0.2) is 61.3 Å². The van der Waals surface area contributed by atoms with Gasteiger partial charge in [0.25, 0.3) is 5.91 Å². The lowest BCUT2D eigenvalue weighted by atomic mass is 9.75. The van der Waals surface area contributed by atoms with Gasteiger partial charge in [0.2, 0.25) is 5.92 Å². The van der Waals surface area contributed by atoms with Crippen molar-refractivity contribution in [2.24, 2.45) is 11.7 Å². The number of imidazole rings is 1. The first-order valence-electron chi connectivity index (χ1n) is 11.9. The molecule has 3 aromatic rings. The van der Waals surface area contributed by atoms with Crippen LogP contribution in [0.15, 0.2) is 23.0 Å². The Balaban J connectivity index is 1.46. The highest BCUT2D eigenvalue weighted by molar-refractivity contribution is 5.95. The Hall–Kier alpha value is -3.78. The Labute approximate surface area is 212 Å². The highest BCUT2D eigenvalue weighted by Crippen LogP contribution is 2.45. The number of amides is 3. The number of aryl methyl sites for hydroxylation is 1. The van der Waals surface area contributed by atoms with Gasteiger partial charge in [0, 0.05) is 19.4 Å². The van der Waals surface area contributed by atoms with Gasteiger partial charge in [0.1, 0.15) is 11.6 Å². The lowest BCUT2D eigenvalue weighted by Crippen LogP contribution is -2.40. The monoisotopic (exact) mass is 541 g/mol. The Morgan fingerprint density at radius 2 is 2.03 bits per heavy atom. The van der Waals surface area contributed by atoms with Gasteiger partial charge in [-0.1, -0.05) is 5.16 Å². The molecule has 0 bridgehead atoms. The summed E-state index contributed by atoms with van der Waals surface area (Å²) < 4.78 is 73.7. The number of primary amides is 1. The summed E-state index contributed by atoms with van der Waals surface area (Å²) in [6.07, 6.45) is -1.97. The molecule has 38 heavy (non-hydrogen) atoms. The Morgan fingerprint density at radius 1 is 1.32 bits per heavy atom. The molecule has 1 aliphatic heterocycles. The Morgan fingerprint density at radius 3 is 2.66 bits per heavy atom. The van der Waals surface area contributed by atoms with Crippen LogP contribution in [0.4, 0.5) is 26.7 Å². The van der Waals surface area contributed by atoms with Gasteiger partial charge in [0.05, 0.1) is 36.2 Å². The maximum Gasteiger partial charge on any atom is 0.410 e. The van der Waals surface area contributed by atoms with Crippen molar-refractivity contribution < 1.29 is 36.1 Å². The number of rotatable bonds is 6. The number of hydrogen-bond acceptors (Lipinski definition) is 6. The molecule has 0 aromatic carbocycles. The van der Waals surface area contributed by atoms with Gasteiger partial charge in [-0.3, -0.25) is 4.79 Å². The third kappa shape index (κ3) is 4.88. The van der Waals surface area contributed by atoms with Crippen molar-refractivity contribution in [3.8, 4) is 0 Å². The number of alkyl halides is 5. The van der Waals surface area contributed by atoms with Crippen LogP contribution in [0.3, 0.4) is 0 Å². The second kappa shape index (κ2) is 9.20. The number of carbonyl (C=O) groups is 2. The van der Waals surface area contributed by atoms with E-state index in [9.17, 15) is 31.5 Å². The minimum Gasteiger partial charge on any atom is -0.365 e. The minimum absolute atomic E-state index is 0.0669. The highest BCUT2D eigenvalue weighted by Gasteiger charge is 2.47. The number of halogens is 5. The van der Waals surface area contributed by atoms with Crippen LogP contribution >= 0.6 is 0 Å². The molecule has 0 spiro atoms. The normalized spacial score (nSPS) is 21.2. The zero-order valence-corrected chi connectivity index (χ0v) is 20.1. The smallest absolute Gasteiger partial charge is 0.365 e. The zero-order chi connectivity index (χ0) is 27.4. The van der Waals surface area contributed by atoms with E-state index in [4.69, 9.17) is 10.3 Å². The molecule has 10 nitrogen and oxygen atoms in total. The van der Waals surface area contributed by atoms with E-state index in [2.05, 4.69) is 15.2 Å². The van der Waals surface area contributed by atoms with E-state index in [1.165, 1.54) is 10.7 Å². The van der Waals surface area contributed by atoms with Crippen molar-refractivity contribution in [3.63, 3.8) is 0 Å². The first-order valence-corrected chi connectivity index (χ1v) is 11.9. The summed E-state index contributed by atoms with van der Waals surface area (Å²) in [6.45, 7) is 0.884. The third-order valence-electron chi connectivity index (χ3n) is 7.12. The number of hydrogen-bond donors (Lipinski definition) is 2. The van der Waals surface area contributed by atoms with Gasteiger partial charge < -0.3 is 20.5 Å². The van der Waals surface area contributed by atoms with Gasteiger partial charge in [-0.25, -0.2) is 23.1 Å². The number of fused-ring (bicyclic) bond motifs is 1.